The summed E-state index contributed by atoms with van der Waals surface area (Å²) in [6.07, 6.45) is 0.311. The highest BCUT2D eigenvalue weighted by Crippen LogP contribution is 2.19. The number of hydrogen-bond acceptors (Lipinski definition) is 3. The lowest BCUT2D eigenvalue weighted by atomic mass is 10.0. The van der Waals surface area contributed by atoms with Gasteiger partial charge in [0, 0.05) is 18.2 Å². The van der Waals surface area contributed by atoms with Crippen LogP contribution in [0.2, 0.25) is 0 Å². The van der Waals surface area contributed by atoms with Crippen molar-refractivity contribution in [1.82, 2.24) is 0 Å². The van der Waals surface area contributed by atoms with Crippen molar-refractivity contribution in [2.75, 3.05) is 6.61 Å². The third kappa shape index (κ3) is 2.51. The minimum absolute atomic E-state index is 0.0794. The van der Waals surface area contributed by atoms with Gasteiger partial charge in [-0.1, -0.05) is 6.07 Å². The smallest absolute Gasteiger partial charge is 0.127 e. The predicted octanol–water partition coefficient (Wildman–Crippen LogP) is 0.700. The standard InChI is InChI=1S/C10H14FNO2/c11-9-2-1-7(6-14)5-8(9)10(12)3-4-13/h1-2,5,10,13-14H,3-4,6,12H2/t10-/m1/s1. The molecule has 1 aromatic carbocycles. The molecule has 0 saturated heterocycles. The molecule has 1 atom stereocenters. The van der Waals surface area contributed by atoms with Crippen LogP contribution in [0.15, 0.2) is 18.2 Å². The van der Waals surface area contributed by atoms with E-state index in [0.29, 0.717) is 17.5 Å². The number of halogens is 1. The average molecular weight is 199 g/mol. The van der Waals surface area contributed by atoms with E-state index in [-0.39, 0.29) is 13.2 Å². The van der Waals surface area contributed by atoms with E-state index in [4.69, 9.17) is 15.9 Å². The molecule has 0 heterocycles. The molecule has 78 valence electrons. The first-order chi connectivity index (χ1) is 6.69. The molecule has 4 heteroatoms. The van der Waals surface area contributed by atoms with E-state index in [1.165, 1.54) is 18.2 Å². The van der Waals surface area contributed by atoms with Gasteiger partial charge in [0.2, 0.25) is 0 Å². The molecular weight excluding hydrogens is 185 g/mol. The Morgan fingerprint density at radius 2 is 2.07 bits per heavy atom. The van der Waals surface area contributed by atoms with Gasteiger partial charge in [-0.05, 0) is 24.1 Å². The molecule has 0 bridgehead atoms. The van der Waals surface area contributed by atoms with Crippen molar-refractivity contribution in [3.8, 4) is 0 Å². The molecule has 3 nitrogen and oxygen atoms in total. The summed E-state index contributed by atoms with van der Waals surface area (Å²) in [5, 5.41) is 17.5. The van der Waals surface area contributed by atoms with Crippen LogP contribution in [0, 0.1) is 5.82 Å². The fourth-order valence-corrected chi connectivity index (χ4v) is 1.27. The number of aliphatic hydroxyl groups is 2. The lowest BCUT2D eigenvalue weighted by Crippen LogP contribution is -2.14. The van der Waals surface area contributed by atoms with Gasteiger partial charge in [0.1, 0.15) is 5.82 Å². The summed E-state index contributed by atoms with van der Waals surface area (Å²) in [5.41, 5.74) is 6.61. The van der Waals surface area contributed by atoms with Crippen molar-refractivity contribution >= 4 is 0 Å². The van der Waals surface area contributed by atoms with Crippen LogP contribution in [0.3, 0.4) is 0 Å². The summed E-state index contributed by atoms with van der Waals surface area (Å²) >= 11 is 0. The van der Waals surface area contributed by atoms with Crippen molar-refractivity contribution < 1.29 is 14.6 Å². The Bertz CT molecular complexity index is 304. The van der Waals surface area contributed by atoms with E-state index in [9.17, 15) is 4.39 Å². The second-order valence-corrected chi connectivity index (χ2v) is 3.13. The summed E-state index contributed by atoms with van der Waals surface area (Å²) in [4.78, 5) is 0. The van der Waals surface area contributed by atoms with Crippen LogP contribution in [0.5, 0.6) is 0 Å². The van der Waals surface area contributed by atoms with E-state index < -0.39 is 11.9 Å². The topological polar surface area (TPSA) is 66.5 Å². The molecule has 0 radical (unpaired) electrons. The highest BCUT2D eigenvalue weighted by Gasteiger charge is 2.11. The van der Waals surface area contributed by atoms with E-state index in [1.54, 1.807) is 0 Å². The third-order valence-corrected chi connectivity index (χ3v) is 2.08. The minimum Gasteiger partial charge on any atom is -0.396 e. The Balaban J connectivity index is 2.93. The molecule has 0 fully saturated rings. The second-order valence-electron chi connectivity index (χ2n) is 3.13. The van der Waals surface area contributed by atoms with Crippen LogP contribution in [0.25, 0.3) is 0 Å². The van der Waals surface area contributed by atoms with E-state index in [0.717, 1.165) is 0 Å². The molecular formula is C10H14FNO2. The minimum atomic E-state index is -0.522. The number of nitrogens with two attached hydrogens (primary N) is 1. The van der Waals surface area contributed by atoms with Gasteiger partial charge >= 0.3 is 0 Å². The molecule has 0 amide bonds. The average Bonchev–Trinajstić information content (AvgIpc) is 2.19. The maximum Gasteiger partial charge on any atom is 0.127 e. The lowest BCUT2D eigenvalue weighted by molar-refractivity contribution is 0.274. The van der Waals surface area contributed by atoms with Crippen LogP contribution >= 0.6 is 0 Å². The summed E-state index contributed by atoms with van der Waals surface area (Å²) < 4.78 is 13.2. The molecule has 0 spiro atoms. The van der Waals surface area contributed by atoms with Crippen LogP contribution in [-0.4, -0.2) is 16.8 Å². The van der Waals surface area contributed by atoms with Gasteiger partial charge in [0.05, 0.1) is 6.61 Å². The van der Waals surface area contributed by atoms with Crippen molar-refractivity contribution in [2.45, 2.75) is 19.1 Å². The molecule has 1 rings (SSSR count). The van der Waals surface area contributed by atoms with Crippen LogP contribution in [-0.2, 0) is 6.61 Å². The fourth-order valence-electron chi connectivity index (χ4n) is 1.27. The lowest BCUT2D eigenvalue weighted by Gasteiger charge is -2.12. The quantitative estimate of drug-likeness (QED) is 0.668. The second kappa shape index (κ2) is 5.05. The summed E-state index contributed by atoms with van der Waals surface area (Å²) in [6, 6.07) is 3.78. The molecule has 14 heavy (non-hydrogen) atoms. The maximum absolute atomic E-state index is 13.2. The van der Waals surface area contributed by atoms with Crippen molar-refractivity contribution in [3.05, 3.63) is 35.1 Å². The first-order valence-corrected chi connectivity index (χ1v) is 4.44. The molecule has 0 saturated carbocycles. The molecule has 4 N–H and O–H groups in total. The summed E-state index contributed by atoms with van der Waals surface area (Å²) in [7, 11) is 0. The first-order valence-electron chi connectivity index (χ1n) is 4.44. The van der Waals surface area contributed by atoms with E-state index in [2.05, 4.69) is 0 Å². The van der Waals surface area contributed by atoms with Crippen molar-refractivity contribution in [2.24, 2.45) is 5.73 Å². The van der Waals surface area contributed by atoms with Crippen molar-refractivity contribution in [1.29, 1.82) is 0 Å². The third-order valence-electron chi connectivity index (χ3n) is 2.08. The monoisotopic (exact) mass is 199 g/mol. The highest BCUT2D eigenvalue weighted by atomic mass is 19.1. The fraction of sp³-hybridized carbons (Fsp3) is 0.400. The largest absolute Gasteiger partial charge is 0.396 e. The zero-order valence-corrected chi connectivity index (χ0v) is 7.78. The van der Waals surface area contributed by atoms with Crippen LogP contribution in [0.1, 0.15) is 23.6 Å². The van der Waals surface area contributed by atoms with E-state index in [1.807, 2.05) is 0 Å². The normalized spacial score (nSPS) is 12.9. The molecule has 0 aliphatic heterocycles. The van der Waals surface area contributed by atoms with Gasteiger partial charge in [-0.3, -0.25) is 0 Å². The Morgan fingerprint density at radius 1 is 1.36 bits per heavy atom. The first kappa shape index (κ1) is 11.1. The molecule has 0 aliphatic carbocycles. The number of rotatable bonds is 4. The number of hydrogen-bond donors (Lipinski definition) is 3. The molecule has 0 aromatic heterocycles. The Labute approximate surface area is 82.0 Å². The predicted molar refractivity (Wildman–Crippen MR) is 51.0 cm³/mol. The van der Waals surface area contributed by atoms with Gasteiger partial charge < -0.3 is 15.9 Å². The van der Waals surface area contributed by atoms with E-state index >= 15 is 0 Å². The van der Waals surface area contributed by atoms with Crippen molar-refractivity contribution in [3.63, 3.8) is 0 Å². The molecule has 0 aliphatic rings. The molecule has 1 aromatic rings. The van der Waals surface area contributed by atoms with Gasteiger partial charge in [-0.2, -0.15) is 0 Å². The van der Waals surface area contributed by atoms with Gasteiger partial charge in [-0.25, -0.2) is 4.39 Å². The maximum atomic E-state index is 13.2. The number of aliphatic hydroxyl groups excluding tert-OH is 2. The Morgan fingerprint density at radius 3 is 2.64 bits per heavy atom. The summed E-state index contributed by atoms with van der Waals surface area (Å²) in [6.45, 7) is -0.219. The van der Waals surface area contributed by atoms with Gasteiger partial charge in [-0.15, -0.1) is 0 Å². The zero-order valence-electron chi connectivity index (χ0n) is 7.78. The van der Waals surface area contributed by atoms with Crippen LogP contribution < -0.4 is 5.73 Å². The van der Waals surface area contributed by atoms with Crippen LogP contribution in [0.4, 0.5) is 4.39 Å². The summed E-state index contributed by atoms with van der Waals surface area (Å²) in [5.74, 6) is -0.400. The highest BCUT2D eigenvalue weighted by molar-refractivity contribution is 5.27. The number of benzene rings is 1. The van der Waals surface area contributed by atoms with Gasteiger partial charge in [0.15, 0.2) is 0 Å². The SMILES string of the molecule is N[C@H](CCO)c1cc(CO)ccc1F. The Kier molecular flexibility index (Phi) is 4.00. The zero-order chi connectivity index (χ0) is 10.6. The molecule has 0 unspecified atom stereocenters. The van der Waals surface area contributed by atoms with Gasteiger partial charge in [0.25, 0.3) is 0 Å². The Hall–Kier alpha value is -0.970.